The highest BCUT2D eigenvalue weighted by atomic mass is 32.2. The molecule has 0 N–H and O–H groups in total. The molecule has 0 aliphatic carbocycles. The van der Waals surface area contributed by atoms with Crippen molar-refractivity contribution in [3.63, 3.8) is 0 Å². The minimum Gasteiger partial charge on any atom is -0.459 e. The molecule has 0 amide bonds. The second-order valence-corrected chi connectivity index (χ2v) is 7.62. The van der Waals surface area contributed by atoms with Crippen LogP contribution in [-0.2, 0) is 9.53 Å². The van der Waals surface area contributed by atoms with Crippen LogP contribution in [0.4, 0.5) is 0 Å². The van der Waals surface area contributed by atoms with E-state index in [9.17, 15) is 4.79 Å². The molecule has 3 heteroatoms. The van der Waals surface area contributed by atoms with E-state index in [-0.39, 0.29) is 5.97 Å². The molecule has 100 valence electrons. The van der Waals surface area contributed by atoms with Gasteiger partial charge in [0.2, 0.25) is 0 Å². The maximum absolute atomic E-state index is 12.1. The average Bonchev–Trinajstić information content (AvgIpc) is 2.18. The van der Waals surface area contributed by atoms with Crippen molar-refractivity contribution in [1.82, 2.24) is 0 Å². The lowest BCUT2D eigenvalue weighted by atomic mass is 10.1. The van der Waals surface area contributed by atoms with E-state index in [0.29, 0.717) is 0 Å². The van der Waals surface area contributed by atoms with E-state index in [1.54, 1.807) is 0 Å². The first-order valence-corrected chi connectivity index (χ1v) is 6.91. The smallest absolute Gasteiger partial charge is 0.322 e. The van der Waals surface area contributed by atoms with Gasteiger partial charge in [0.25, 0.3) is 0 Å². The summed E-state index contributed by atoms with van der Waals surface area (Å²) < 4.78 is 4.86. The molecule has 0 unspecified atom stereocenters. The van der Waals surface area contributed by atoms with Crippen molar-refractivity contribution in [3.8, 4) is 0 Å². The standard InChI is InChI=1S/C15H22O2S/c1-11-7-9-12(10-8-11)18-15(5,6)13(16)17-14(2,3)4/h7-10H,1-6H3. The Morgan fingerprint density at radius 2 is 1.56 bits per heavy atom. The maximum atomic E-state index is 12.1. The summed E-state index contributed by atoms with van der Waals surface area (Å²) >= 11 is 1.53. The molecule has 0 saturated carbocycles. The fourth-order valence-electron chi connectivity index (χ4n) is 1.34. The lowest BCUT2D eigenvalue weighted by Crippen LogP contribution is -2.36. The molecule has 2 nitrogen and oxygen atoms in total. The van der Waals surface area contributed by atoms with Crippen LogP contribution in [0.5, 0.6) is 0 Å². The zero-order chi connectivity index (χ0) is 14.0. The van der Waals surface area contributed by atoms with Crippen LogP contribution in [0, 0.1) is 6.92 Å². The van der Waals surface area contributed by atoms with Crippen LogP contribution in [0.3, 0.4) is 0 Å². The van der Waals surface area contributed by atoms with Crippen LogP contribution in [0.15, 0.2) is 29.2 Å². The molecule has 0 spiro atoms. The number of thioether (sulfide) groups is 1. The van der Waals surface area contributed by atoms with Crippen molar-refractivity contribution in [3.05, 3.63) is 29.8 Å². The van der Waals surface area contributed by atoms with Crippen LogP contribution in [0.1, 0.15) is 40.2 Å². The zero-order valence-electron chi connectivity index (χ0n) is 12.0. The minimum absolute atomic E-state index is 0.180. The Hall–Kier alpha value is -0.960. The fourth-order valence-corrected chi connectivity index (χ4v) is 2.33. The second kappa shape index (κ2) is 5.35. The molecular formula is C15H22O2S. The van der Waals surface area contributed by atoms with Gasteiger partial charge in [-0.25, -0.2) is 0 Å². The molecule has 0 aromatic heterocycles. The van der Waals surface area contributed by atoms with Crippen LogP contribution in [-0.4, -0.2) is 16.3 Å². The van der Waals surface area contributed by atoms with Crippen LogP contribution >= 0.6 is 11.8 Å². The first-order valence-electron chi connectivity index (χ1n) is 6.09. The summed E-state index contributed by atoms with van der Waals surface area (Å²) in [6.45, 7) is 11.5. The lowest BCUT2D eigenvalue weighted by Gasteiger charge is -2.28. The van der Waals surface area contributed by atoms with Crippen molar-refractivity contribution >= 4 is 17.7 Å². The van der Waals surface area contributed by atoms with Gasteiger partial charge in [-0.3, -0.25) is 4.79 Å². The number of ether oxygens (including phenoxy) is 1. The molecule has 0 bridgehead atoms. The number of esters is 1. The topological polar surface area (TPSA) is 26.3 Å². The van der Waals surface area contributed by atoms with Gasteiger partial charge in [-0.2, -0.15) is 0 Å². The van der Waals surface area contributed by atoms with Gasteiger partial charge in [-0.1, -0.05) is 17.7 Å². The Bertz CT molecular complexity index is 413. The fraction of sp³-hybridized carbons (Fsp3) is 0.533. The largest absolute Gasteiger partial charge is 0.459 e. The SMILES string of the molecule is Cc1ccc(SC(C)(C)C(=O)OC(C)(C)C)cc1. The third kappa shape index (κ3) is 4.73. The van der Waals surface area contributed by atoms with E-state index in [1.807, 2.05) is 65.8 Å². The van der Waals surface area contributed by atoms with Crippen LogP contribution < -0.4 is 0 Å². The Morgan fingerprint density at radius 3 is 2.00 bits per heavy atom. The molecule has 0 radical (unpaired) electrons. The second-order valence-electron chi connectivity index (χ2n) is 5.93. The number of carbonyl (C=O) groups is 1. The molecular weight excluding hydrogens is 244 g/mol. The van der Waals surface area contributed by atoms with E-state index in [1.165, 1.54) is 17.3 Å². The van der Waals surface area contributed by atoms with Crippen molar-refractivity contribution in [2.24, 2.45) is 0 Å². The van der Waals surface area contributed by atoms with E-state index in [0.717, 1.165) is 4.90 Å². The molecule has 18 heavy (non-hydrogen) atoms. The molecule has 0 heterocycles. The van der Waals surface area contributed by atoms with E-state index >= 15 is 0 Å². The van der Waals surface area contributed by atoms with Gasteiger partial charge in [-0.15, -0.1) is 11.8 Å². The van der Waals surface area contributed by atoms with E-state index in [4.69, 9.17) is 4.74 Å². The minimum atomic E-state index is -0.581. The molecule has 1 aromatic carbocycles. The first kappa shape index (κ1) is 15.1. The summed E-state index contributed by atoms with van der Waals surface area (Å²) in [7, 11) is 0. The molecule has 0 aliphatic heterocycles. The number of rotatable bonds is 3. The number of carbonyl (C=O) groups excluding carboxylic acids is 1. The average molecular weight is 266 g/mol. The highest BCUT2D eigenvalue weighted by Crippen LogP contribution is 2.34. The van der Waals surface area contributed by atoms with E-state index in [2.05, 4.69) is 0 Å². The van der Waals surface area contributed by atoms with Crippen molar-refractivity contribution < 1.29 is 9.53 Å². The summed E-state index contributed by atoms with van der Waals surface area (Å²) in [6.07, 6.45) is 0. The molecule has 0 saturated heterocycles. The number of hydrogen-bond donors (Lipinski definition) is 0. The molecule has 0 fully saturated rings. The molecule has 1 aromatic rings. The summed E-state index contributed by atoms with van der Waals surface area (Å²) in [5.41, 5.74) is 0.775. The van der Waals surface area contributed by atoms with Crippen LogP contribution in [0.25, 0.3) is 0 Å². The van der Waals surface area contributed by atoms with E-state index < -0.39 is 10.3 Å². The van der Waals surface area contributed by atoms with Crippen molar-refractivity contribution in [2.75, 3.05) is 0 Å². The zero-order valence-corrected chi connectivity index (χ0v) is 12.9. The number of hydrogen-bond acceptors (Lipinski definition) is 3. The first-order chi connectivity index (χ1) is 8.10. The molecule has 0 aliphatic rings. The quantitative estimate of drug-likeness (QED) is 0.605. The number of benzene rings is 1. The van der Waals surface area contributed by atoms with Gasteiger partial charge in [-0.05, 0) is 53.7 Å². The van der Waals surface area contributed by atoms with Crippen molar-refractivity contribution in [1.29, 1.82) is 0 Å². The summed E-state index contributed by atoms with van der Waals surface area (Å²) in [4.78, 5) is 13.2. The predicted molar refractivity (Wildman–Crippen MR) is 77.0 cm³/mol. The Labute approximate surface area is 114 Å². The van der Waals surface area contributed by atoms with Crippen molar-refractivity contribution in [2.45, 2.75) is 56.8 Å². The van der Waals surface area contributed by atoms with Gasteiger partial charge in [0.15, 0.2) is 0 Å². The normalized spacial score (nSPS) is 12.3. The highest BCUT2D eigenvalue weighted by Gasteiger charge is 2.33. The highest BCUT2D eigenvalue weighted by molar-refractivity contribution is 8.01. The van der Waals surface area contributed by atoms with Gasteiger partial charge >= 0.3 is 5.97 Å². The van der Waals surface area contributed by atoms with Gasteiger partial charge in [0, 0.05) is 4.90 Å². The summed E-state index contributed by atoms with van der Waals surface area (Å²) in [5.74, 6) is -0.180. The van der Waals surface area contributed by atoms with Gasteiger partial charge in [0.1, 0.15) is 10.3 Å². The van der Waals surface area contributed by atoms with Gasteiger partial charge in [0.05, 0.1) is 0 Å². The molecule has 0 atom stereocenters. The third-order valence-electron chi connectivity index (χ3n) is 2.28. The van der Waals surface area contributed by atoms with Crippen LogP contribution in [0.2, 0.25) is 0 Å². The Kier molecular flexibility index (Phi) is 4.49. The number of aryl methyl sites for hydroxylation is 1. The monoisotopic (exact) mass is 266 g/mol. The maximum Gasteiger partial charge on any atom is 0.322 e. The lowest BCUT2D eigenvalue weighted by molar-refractivity contribution is -0.156. The Morgan fingerprint density at radius 1 is 1.06 bits per heavy atom. The third-order valence-corrected chi connectivity index (χ3v) is 3.47. The Balaban J connectivity index is 2.75. The predicted octanol–water partition coefficient (Wildman–Crippen LogP) is 4.21. The molecule has 1 rings (SSSR count). The summed E-state index contributed by atoms with van der Waals surface area (Å²) in [6, 6.07) is 8.17. The van der Waals surface area contributed by atoms with Gasteiger partial charge < -0.3 is 4.74 Å². The summed E-state index contributed by atoms with van der Waals surface area (Å²) in [5, 5.41) is 0.